The van der Waals surface area contributed by atoms with Crippen LogP contribution in [0.1, 0.15) is 12.8 Å². The molecule has 0 radical (unpaired) electrons. The normalized spacial score (nSPS) is 21.1. The molecule has 1 heterocycles. The molecule has 96 valence electrons. The Morgan fingerprint density at radius 2 is 2.25 bits per heavy atom. The summed E-state index contributed by atoms with van der Waals surface area (Å²) in [5.74, 6) is -3.69. The van der Waals surface area contributed by atoms with E-state index in [4.69, 9.17) is 10.5 Å². The summed E-state index contributed by atoms with van der Waals surface area (Å²) in [5, 5.41) is 2.19. The summed E-state index contributed by atoms with van der Waals surface area (Å²) in [6.07, 6.45) is 1.49. The summed E-state index contributed by atoms with van der Waals surface area (Å²) in [6.45, 7) is -0.490. The molecule has 1 rings (SSSR count). The fourth-order valence-corrected chi connectivity index (χ4v) is 1.38. The van der Waals surface area contributed by atoms with Gasteiger partial charge in [0.05, 0.1) is 25.6 Å². The summed E-state index contributed by atoms with van der Waals surface area (Å²) in [6, 6.07) is 0. The first-order valence-corrected chi connectivity index (χ1v) is 4.98. The van der Waals surface area contributed by atoms with Crippen LogP contribution in [0.15, 0.2) is 0 Å². The van der Waals surface area contributed by atoms with Crippen LogP contribution in [0.3, 0.4) is 0 Å². The third-order valence-corrected chi connectivity index (χ3v) is 2.35. The zero-order chi connectivity index (χ0) is 11.3. The molecule has 0 saturated carbocycles. The Bertz CT molecular complexity index is 224. The lowest BCUT2D eigenvalue weighted by atomic mass is 10.0. The first-order chi connectivity index (χ1) is 7.05. The van der Waals surface area contributed by atoms with Crippen molar-refractivity contribution in [3.05, 3.63) is 0 Å². The molecule has 1 aliphatic rings. The van der Waals surface area contributed by atoms with Gasteiger partial charge in [0.1, 0.15) is 0 Å². The molecule has 1 fully saturated rings. The maximum absolute atomic E-state index is 12.7. The van der Waals surface area contributed by atoms with E-state index < -0.39 is 19.0 Å². The zero-order valence-corrected chi connectivity index (χ0v) is 9.69. The number of nitrogens with one attached hydrogen (secondary N) is 1. The Balaban J connectivity index is 0.00000225. The lowest BCUT2D eigenvalue weighted by Crippen LogP contribution is -2.44. The van der Waals surface area contributed by atoms with Crippen molar-refractivity contribution in [3.8, 4) is 0 Å². The van der Waals surface area contributed by atoms with Crippen molar-refractivity contribution in [3.63, 3.8) is 0 Å². The van der Waals surface area contributed by atoms with E-state index in [1.54, 1.807) is 0 Å². The van der Waals surface area contributed by atoms with Crippen molar-refractivity contribution in [2.24, 2.45) is 11.7 Å². The van der Waals surface area contributed by atoms with Crippen LogP contribution in [-0.2, 0) is 9.53 Å². The first-order valence-electron chi connectivity index (χ1n) is 4.98. The smallest absolute Gasteiger partial charge is 0.277 e. The molecule has 0 spiro atoms. The minimum absolute atomic E-state index is 0. The first kappa shape index (κ1) is 15.5. The molecule has 1 amide bonds. The maximum Gasteiger partial charge on any atom is 0.277 e. The van der Waals surface area contributed by atoms with Gasteiger partial charge >= 0.3 is 0 Å². The van der Waals surface area contributed by atoms with Gasteiger partial charge in [-0.3, -0.25) is 4.79 Å². The number of halogens is 3. The highest BCUT2D eigenvalue weighted by atomic mass is 35.5. The van der Waals surface area contributed by atoms with E-state index in [2.05, 4.69) is 5.32 Å². The van der Waals surface area contributed by atoms with E-state index in [9.17, 15) is 13.6 Å². The van der Waals surface area contributed by atoms with E-state index >= 15 is 0 Å². The quantitative estimate of drug-likeness (QED) is 0.774. The second-order valence-corrected chi connectivity index (χ2v) is 3.69. The van der Waals surface area contributed by atoms with Crippen LogP contribution in [0, 0.1) is 5.92 Å². The van der Waals surface area contributed by atoms with Crippen LogP contribution in [0.2, 0.25) is 0 Å². The summed E-state index contributed by atoms with van der Waals surface area (Å²) < 4.78 is 30.5. The van der Waals surface area contributed by atoms with Gasteiger partial charge in [0.15, 0.2) is 0 Å². The van der Waals surface area contributed by atoms with E-state index in [0.29, 0.717) is 19.6 Å². The highest BCUT2D eigenvalue weighted by Crippen LogP contribution is 2.14. The van der Waals surface area contributed by atoms with Gasteiger partial charge < -0.3 is 15.8 Å². The van der Waals surface area contributed by atoms with Crippen molar-refractivity contribution in [2.75, 3.05) is 26.3 Å². The Labute approximate surface area is 99.3 Å². The summed E-state index contributed by atoms with van der Waals surface area (Å²) in [4.78, 5) is 11.4. The van der Waals surface area contributed by atoms with Crippen molar-refractivity contribution < 1.29 is 18.3 Å². The van der Waals surface area contributed by atoms with Crippen molar-refractivity contribution in [1.29, 1.82) is 0 Å². The Morgan fingerprint density at radius 1 is 1.56 bits per heavy atom. The topological polar surface area (TPSA) is 64.3 Å². The van der Waals surface area contributed by atoms with Crippen LogP contribution in [0.4, 0.5) is 8.78 Å². The predicted molar refractivity (Wildman–Crippen MR) is 57.8 cm³/mol. The number of hydrogen-bond acceptors (Lipinski definition) is 3. The predicted octanol–water partition coefficient (Wildman–Crippen LogP) is 0.545. The lowest BCUT2D eigenvalue weighted by Gasteiger charge is -2.22. The molecule has 0 aromatic rings. The molecule has 1 atom stereocenters. The number of ether oxygens (including phenoxy) is 1. The van der Waals surface area contributed by atoms with Crippen molar-refractivity contribution in [2.45, 2.75) is 18.8 Å². The molecule has 1 unspecified atom stereocenters. The number of rotatable bonds is 4. The molecular formula is C9H17ClF2N2O2. The SMILES string of the molecule is Cl.NCC(F)(F)CNC(=O)C1CCCOC1. The fourth-order valence-electron chi connectivity index (χ4n) is 1.38. The minimum Gasteiger partial charge on any atom is -0.381 e. The van der Waals surface area contributed by atoms with Gasteiger partial charge in [-0.05, 0) is 12.8 Å². The number of carbonyl (C=O) groups excluding carboxylic acids is 1. The molecule has 3 N–H and O–H groups in total. The van der Waals surface area contributed by atoms with Gasteiger partial charge in [-0.15, -0.1) is 12.4 Å². The molecule has 1 saturated heterocycles. The molecule has 0 bridgehead atoms. The summed E-state index contributed by atoms with van der Waals surface area (Å²) >= 11 is 0. The van der Waals surface area contributed by atoms with Gasteiger partial charge in [0.2, 0.25) is 5.91 Å². The third-order valence-electron chi connectivity index (χ3n) is 2.35. The summed E-state index contributed by atoms with van der Waals surface area (Å²) in [5.41, 5.74) is 4.84. The van der Waals surface area contributed by atoms with Gasteiger partial charge in [-0.1, -0.05) is 0 Å². The number of amides is 1. The van der Waals surface area contributed by atoms with E-state index in [1.165, 1.54) is 0 Å². The van der Waals surface area contributed by atoms with E-state index in [-0.39, 0.29) is 24.2 Å². The number of hydrogen-bond donors (Lipinski definition) is 2. The second-order valence-electron chi connectivity index (χ2n) is 3.69. The number of nitrogens with two attached hydrogens (primary N) is 1. The highest BCUT2D eigenvalue weighted by Gasteiger charge is 2.29. The van der Waals surface area contributed by atoms with Crippen LogP contribution in [0.25, 0.3) is 0 Å². The number of alkyl halides is 2. The zero-order valence-electron chi connectivity index (χ0n) is 8.88. The molecule has 4 nitrogen and oxygen atoms in total. The average Bonchev–Trinajstić information content (AvgIpc) is 2.27. The Kier molecular flexibility index (Phi) is 6.78. The standard InChI is InChI=1S/C9H16F2N2O2.ClH/c10-9(11,5-12)6-13-8(14)7-2-1-3-15-4-7;/h7H,1-6,12H2,(H,13,14);1H. The molecule has 16 heavy (non-hydrogen) atoms. The van der Waals surface area contributed by atoms with Crippen LogP contribution < -0.4 is 11.1 Å². The van der Waals surface area contributed by atoms with Crippen molar-refractivity contribution >= 4 is 18.3 Å². The minimum atomic E-state index is -3.02. The Morgan fingerprint density at radius 3 is 2.75 bits per heavy atom. The maximum atomic E-state index is 12.7. The fraction of sp³-hybridized carbons (Fsp3) is 0.889. The molecule has 7 heteroatoms. The van der Waals surface area contributed by atoms with Crippen LogP contribution in [-0.4, -0.2) is 38.1 Å². The van der Waals surface area contributed by atoms with Gasteiger partial charge in [-0.25, -0.2) is 8.78 Å². The van der Waals surface area contributed by atoms with E-state index in [0.717, 1.165) is 6.42 Å². The average molecular weight is 259 g/mol. The largest absolute Gasteiger partial charge is 0.381 e. The monoisotopic (exact) mass is 258 g/mol. The third kappa shape index (κ3) is 5.05. The highest BCUT2D eigenvalue weighted by molar-refractivity contribution is 5.85. The van der Waals surface area contributed by atoms with Gasteiger partial charge in [-0.2, -0.15) is 0 Å². The van der Waals surface area contributed by atoms with E-state index in [1.807, 2.05) is 0 Å². The molecule has 0 aromatic heterocycles. The van der Waals surface area contributed by atoms with Crippen LogP contribution in [0.5, 0.6) is 0 Å². The van der Waals surface area contributed by atoms with Crippen molar-refractivity contribution in [1.82, 2.24) is 5.32 Å². The molecule has 0 aliphatic carbocycles. The second kappa shape index (κ2) is 6.98. The summed E-state index contributed by atoms with van der Waals surface area (Å²) in [7, 11) is 0. The number of carbonyl (C=O) groups is 1. The van der Waals surface area contributed by atoms with Crippen LogP contribution >= 0.6 is 12.4 Å². The van der Waals surface area contributed by atoms with Gasteiger partial charge in [0, 0.05) is 6.61 Å². The Hall–Kier alpha value is -0.460. The van der Waals surface area contributed by atoms with Gasteiger partial charge in [0.25, 0.3) is 5.92 Å². The lowest BCUT2D eigenvalue weighted by molar-refractivity contribution is -0.130. The molecule has 1 aliphatic heterocycles. The molecular weight excluding hydrogens is 242 g/mol. The molecule has 0 aromatic carbocycles.